The van der Waals surface area contributed by atoms with Crippen LogP contribution in [-0.2, 0) is 10.0 Å². The number of nitrogens with zero attached hydrogens (tertiary/aromatic N) is 2. The molecule has 30 heavy (non-hydrogen) atoms. The summed E-state index contributed by atoms with van der Waals surface area (Å²) in [6, 6.07) is 4.74. The van der Waals surface area contributed by atoms with E-state index < -0.39 is 15.6 Å². The zero-order valence-corrected chi connectivity index (χ0v) is 18.2. The van der Waals surface area contributed by atoms with Gasteiger partial charge in [-0.25, -0.2) is 23.1 Å². The Bertz CT molecular complexity index is 1110. The number of nitrogen functional groups attached to an aromatic ring is 1. The van der Waals surface area contributed by atoms with Crippen molar-refractivity contribution in [1.29, 1.82) is 0 Å². The molecule has 160 valence electrons. The maximum atomic E-state index is 13.3. The Balaban J connectivity index is 1.46. The Morgan fingerprint density at radius 2 is 1.93 bits per heavy atom. The fourth-order valence-electron chi connectivity index (χ4n) is 6.06. The summed E-state index contributed by atoms with van der Waals surface area (Å²) in [6.45, 7) is 1.80. The number of aryl methyl sites for hydroxylation is 1. The summed E-state index contributed by atoms with van der Waals surface area (Å²) in [4.78, 5) is 8.23. The SMILES string of the molecule is Cc1nc(N)ncc1-c1ccc(Cl)c(S(=O)(=O)NC2C3CC4CC2CC(O)(C4)C3)c1. The van der Waals surface area contributed by atoms with Gasteiger partial charge in [0.1, 0.15) is 4.90 Å². The third-order valence-corrected chi connectivity index (χ3v) is 9.00. The Labute approximate surface area is 181 Å². The van der Waals surface area contributed by atoms with Crippen LogP contribution in [0.15, 0.2) is 29.3 Å². The van der Waals surface area contributed by atoms with Gasteiger partial charge in [-0.15, -0.1) is 0 Å². The second-order valence-electron chi connectivity index (χ2n) is 9.21. The molecule has 1 heterocycles. The predicted octanol–water partition coefficient (Wildman–Crippen LogP) is 2.91. The zero-order valence-electron chi connectivity index (χ0n) is 16.7. The lowest BCUT2D eigenvalue weighted by molar-refractivity contribution is -0.135. The highest BCUT2D eigenvalue weighted by atomic mass is 35.5. The van der Waals surface area contributed by atoms with Crippen LogP contribution in [0.3, 0.4) is 0 Å². The standard InChI is InChI=1S/C21H25ClN4O3S/c1-11-16(10-24-20(23)25-11)13-2-3-17(22)18(6-13)30(28,29)26-19-14-4-12-5-15(19)9-21(27,7-12)8-14/h2-3,6,10,12,14-15,19,26-27H,4-5,7-9H2,1H3,(H2,23,24,25). The number of rotatable bonds is 4. The quantitative estimate of drug-likeness (QED) is 0.661. The molecule has 6 rings (SSSR count). The monoisotopic (exact) mass is 448 g/mol. The largest absolute Gasteiger partial charge is 0.390 e. The van der Waals surface area contributed by atoms with Crippen LogP contribution in [0, 0.1) is 24.7 Å². The van der Waals surface area contributed by atoms with E-state index in [1.807, 2.05) is 0 Å². The van der Waals surface area contributed by atoms with Crippen molar-refractivity contribution in [3.8, 4) is 11.1 Å². The van der Waals surface area contributed by atoms with Crippen LogP contribution in [0.1, 0.15) is 37.8 Å². The molecule has 9 heteroatoms. The number of aromatic nitrogens is 2. The molecular weight excluding hydrogens is 424 g/mol. The number of hydrogen-bond donors (Lipinski definition) is 3. The first-order valence-corrected chi connectivity index (χ1v) is 12.1. The lowest BCUT2D eigenvalue weighted by atomic mass is 9.52. The van der Waals surface area contributed by atoms with Crippen LogP contribution < -0.4 is 10.5 Å². The first-order chi connectivity index (χ1) is 14.1. The average Bonchev–Trinajstić information content (AvgIpc) is 2.64. The summed E-state index contributed by atoms with van der Waals surface area (Å²) in [5.74, 6) is 1.02. The van der Waals surface area contributed by atoms with E-state index in [2.05, 4.69) is 14.7 Å². The first kappa shape index (κ1) is 20.2. The van der Waals surface area contributed by atoms with Gasteiger partial charge >= 0.3 is 0 Å². The molecule has 0 radical (unpaired) electrons. The normalized spacial score (nSPS) is 32.5. The first-order valence-electron chi connectivity index (χ1n) is 10.3. The van der Waals surface area contributed by atoms with Crippen molar-refractivity contribution in [3.05, 3.63) is 35.1 Å². The van der Waals surface area contributed by atoms with Crippen molar-refractivity contribution in [3.63, 3.8) is 0 Å². The molecule has 4 aliphatic carbocycles. The third-order valence-electron chi connectivity index (χ3n) is 7.06. The molecule has 7 nitrogen and oxygen atoms in total. The lowest BCUT2D eigenvalue weighted by Crippen LogP contribution is -2.61. The Morgan fingerprint density at radius 1 is 1.23 bits per heavy atom. The summed E-state index contributed by atoms with van der Waals surface area (Å²) < 4.78 is 29.6. The van der Waals surface area contributed by atoms with E-state index in [9.17, 15) is 13.5 Å². The van der Waals surface area contributed by atoms with E-state index in [4.69, 9.17) is 17.3 Å². The fourth-order valence-corrected chi connectivity index (χ4v) is 7.96. The minimum Gasteiger partial charge on any atom is -0.390 e. The van der Waals surface area contributed by atoms with E-state index in [0.29, 0.717) is 35.6 Å². The molecule has 0 amide bonds. The molecule has 4 aliphatic rings. The highest BCUT2D eigenvalue weighted by Crippen LogP contribution is 2.55. The molecule has 2 unspecified atom stereocenters. The second kappa shape index (κ2) is 6.88. The molecule has 0 spiro atoms. The van der Waals surface area contributed by atoms with Crippen molar-refractivity contribution in [2.24, 2.45) is 17.8 Å². The smallest absolute Gasteiger partial charge is 0.242 e. The van der Waals surface area contributed by atoms with Crippen molar-refractivity contribution in [1.82, 2.24) is 14.7 Å². The van der Waals surface area contributed by atoms with Gasteiger partial charge in [-0.2, -0.15) is 0 Å². The number of hydrogen-bond acceptors (Lipinski definition) is 6. The molecule has 4 bridgehead atoms. The van der Waals surface area contributed by atoms with Gasteiger partial charge in [0.05, 0.1) is 16.3 Å². The van der Waals surface area contributed by atoms with Gasteiger partial charge in [0.2, 0.25) is 16.0 Å². The van der Waals surface area contributed by atoms with E-state index in [0.717, 1.165) is 19.3 Å². The summed E-state index contributed by atoms with van der Waals surface area (Å²) in [5, 5.41) is 10.9. The number of anilines is 1. The maximum Gasteiger partial charge on any atom is 0.242 e. The molecule has 1 aromatic heterocycles. The van der Waals surface area contributed by atoms with Gasteiger partial charge in [-0.3, -0.25) is 0 Å². The van der Waals surface area contributed by atoms with Crippen LogP contribution in [0.4, 0.5) is 5.95 Å². The van der Waals surface area contributed by atoms with E-state index in [-0.39, 0.29) is 33.7 Å². The summed E-state index contributed by atoms with van der Waals surface area (Å²) in [5.41, 5.74) is 7.05. The molecular formula is C21H25ClN4O3S. The molecule has 1 aromatic carbocycles. The van der Waals surface area contributed by atoms with Gasteiger partial charge in [0.25, 0.3) is 0 Å². The van der Waals surface area contributed by atoms with Crippen molar-refractivity contribution >= 4 is 27.6 Å². The fraction of sp³-hybridized carbons (Fsp3) is 0.524. The molecule has 0 aliphatic heterocycles. The summed E-state index contributed by atoms with van der Waals surface area (Å²) in [6.07, 6.45) is 5.73. The molecule has 4 fully saturated rings. The number of nitrogens with two attached hydrogens (primary N) is 1. The topological polar surface area (TPSA) is 118 Å². The Morgan fingerprint density at radius 3 is 2.57 bits per heavy atom. The Kier molecular flexibility index (Phi) is 4.63. The highest BCUT2D eigenvalue weighted by molar-refractivity contribution is 7.89. The molecule has 2 aromatic rings. The lowest BCUT2D eigenvalue weighted by Gasteiger charge is -2.57. The zero-order chi connectivity index (χ0) is 21.3. The maximum absolute atomic E-state index is 13.3. The third kappa shape index (κ3) is 3.39. The van der Waals surface area contributed by atoms with Crippen molar-refractivity contribution < 1.29 is 13.5 Å². The van der Waals surface area contributed by atoms with E-state index in [1.165, 1.54) is 0 Å². The molecule has 4 N–H and O–H groups in total. The van der Waals surface area contributed by atoms with Crippen LogP contribution in [0.25, 0.3) is 11.1 Å². The Hall–Kier alpha value is -1.74. The van der Waals surface area contributed by atoms with E-state index in [1.54, 1.807) is 31.3 Å². The van der Waals surface area contributed by atoms with Gasteiger partial charge in [0.15, 0.2) is 0 Å². The number of benzene rings is 1. The summed E-state index contributed by atoms with van der Waals surface area (Å²) >= 11 is 6.31. The van der Waals surface area contributed by atoms with Crippen LogP contribution in [0.2, 0.25) is 5.02 Å². The second-order valence-corrected chi connectivity index (χ2v) is 11.3. The minimum atomic E-state index is -3.84. The number of nitrogens with one attached hydrogen (secondary N) is 1. The number of aliphatic hydroxyl groups is 1. The minimum absolute atomic E-state index is 0.0467. The van der Waals surface area contributed by atoms with Gasteiger partial charge in [-0.1, -0.05) is 17.7 Å². The van der Waals surface area contributed by atoms with Crippen molar-refractivity contribution in [2.45, 2.75) is 55.6 Å². The average molecular weight is 449 g/mol. The molecule has 2 atom stereocenters. The molecule has 4 saturated carbocycles. The predicted molar refractivity (Wildman–Crippen MR) is 114 cm³/mol. The summed E-state index contributed by atoms with van der Waals surface area (Å²) in [7, 11) is -3.84. The highest BCUT2D eigenvalue weighted by Gasteiger charge is 2.55. The van der Waals surface area contributed by atoms with Gasteiger partial charge in [0, 0.05) is 17.8 Å². The van der Waals surface area contributed by atoms with Crippen LogP contribution >= 0.6 is 11.6 Å². The van der Waals surface area contributed by atoms with Crippen LogP contribution in [0.5, 0.6) is 0 Å². The van der Waals surface area contributed by atoms with E-state index >= 15 is 0 Å². The van der Waals surface area contributed by atoms with Gasteiger partial charge in [-0.05, 0) is 74.5 Å². The van der Waals surface area contributed by atoms with Crippen molar-refractivity contribution in [2.75, 3.05) is 5.73 Å². The van der Waals surface area contributed by atoms with Crippen LogP contribution in [-0.4, -0.2) is 35.1 Å². The number of sulfonamides is 1. The number of halogens is 1. The molecule has 0 saturated heterocycles. The van der Waals surface area contributed by atoms with Gasteiger partial charge < -0.3 is 10.8 Å².